The van der Waals surface area contributed by atoms with Crippen molar-refractivity contribution in [3.05, 3.63) is 12.2 Å². The Morgan fingerprint density at radius 1 is 1.22 bits per heavy atom. The number of carboxylic acids is 1. The molecule has 0 aliphatic rings. The van der Waals surface area contributed by atoms with E-state index in [1.165, 1.54) is 0 Å². The largest absolute Gasteiger partial charge is 0.480 e. The highest BCUT2D eigenvalue weighted by molar-refractivity contribution is 7.98. The van der Waals surface area contributed by atoms with Crippen LogP contribution >= 0.6 is 11.8 Å². The molecule has 0 aliphatic heterocycles. The molecule has 5 nitrogen and oxygen atoms in total. The van der Waals surface area contributed by atoms with Crippen molar-refractivity contribution in [2.24, 2.45) is 5.92 Å². The van der Waals surface area contributed by atoms with E-state index in [2.05, 4.69) is 38.0 Å². The van der Waals surface area contributed by atoms with Crippen LogP contribution in [0.1, 0.15) is 66.7 Å². The van der Waals surface area contributed by atoms with Gasteiger partial charge in [0.1, 0.15) is 6.04 Å². The molecule has 0 radical (unpaired) electrons. The molecule has 0 bridgehead atoms. The number of ketones is 1. The van der Waals surface area contributed by atoms with Gasteiger partial charge in [-0.2, -0.15) is 11.8 Å². The molecular formula is C21H40N2O3S. The van der Waals surface area contributed by atoms with E-state index in [1.54, 1.807) is 11.8 Å². The maximum Gasteiger partial charge on any atom is 0.320 e. The molecule has 27 heavy (non-hydrogen) atoms. The van der Waals surface area contributed by atoms with Crippen LogP contribution in [0.5, 0.6) is 0 Å². The number of carboxylic acid groups (broad SMARTS) is 1. The van der Waals surface area contributed by atoms with Gasteiger partial charge in [0.15, 0.2) is 5.78 Å². The quantitative estimate of drug-likeness (QED) is 0.341. The second-order valence-electron chi connectivity index (χ2n) is 7.69. The van der Waals surface area contributed by atoms with Crippen LogP contribution in [0.25, 0.3) is 0 Å². The lowest BCUT2D eigenvalue weighted by molar-refractivity contribution is -0.141. The number of carbonyl (C=O) groups excluding carboxylic acids is 1. The third-order valence-electron chi connectivity index (χ3n) is 5.58. The number of aliphatic carboxylic acids is 1. The van der Waals surface area contributed by atoms with Gasteiger partial charge in [-0.25, -0.2) is 0 Å². The molecule has 0 aromatic rings. The second kappa shape index (κ2) is 13.3. The van der Waals surface area contributed by atoms with Gasteiger partial charge in [-0.1, -0.05) is 39.3 Å². The molecule has 0 heterocycles. The van der Waals surface area contributed by atoms with Gasteiger partial charge in [-0.05, 0) is 51.7 Å². The molecule has 6 heteroatoms. The Morgan fingerprint density at radius 2 is 1.81 bits per heavy atom. The van der Waals surface area contributed by atoms with Crippen LogP contribution < -0.4 is 10.6 Å². The zero-order valence-corrected chi connectivity index (χ0v) is 18.9. The number of rotatable bonds is 16. The van der Waals surface area contributed by atoms with Crippen molar-refractivity contribution < 1.29 is 14.7 Å². The second-order valence-corrected chi connectivity index (χ2v) is 8.55. The van der Waals surface area contributed by atoms with Crippen molar-refractivity contribution in [1.29, 1.82) is 0 Å². The monoisotopic (exact) mass is 400 g/mol. The van der Waals surface area contributed by atoms with Crippen LogP contribution in [0.15, 0.2) is 12.2 Å². The fourth-order valence-corrected chi connectivity index (χ4v) is 3.70. The molecule has 0 spiro atoms. The first-order valence-electron chi connectivity index (χ1n) is 10.1. The van der Waals surface area contributed by atoms with Crippen LogP contribution in [-0.2, 0) is 9.59 Å². The van der Waals surface area contributed by atoms with E-state index in [9.17, 15) is 14.7 Å². The van der Waals surface area contributed by atoms with Gasteiger partial charge in [-0.15, -0.1) is 0 Å². The average Bonchev–Trinajstić information content (AvgIpc) is 2.63. The lowest BCUT2D eigenvalue weighted by Gasteiger charge is -2.32. The van der Waals surface area contributed by atoms with Crippen LogP contribution in [0, 0.1) is 5.92 Å². The zero-order chi connectivity index (χ0) is 21.0. The molecule has 3 atom stereocenters. The zero-order valence-electron chi connectivity index (χ0n) is 18.1. The van der Waals surface area contributed by atoms with Crippen LogP contribution in [0.4, 0.5) is 0 Å². The van der Waals surface area contributed by atoms with E-state index < -0.39 is 12.0 Å². The maximum atomic E-state index is 12.5. The predicted molar refractivity (Wildman–Crippen MR) is 117 cm³/mol. The molecule has 0 rings (SSSR count). The standard InChI is InChI=1S/C21H40N2O3S/c1-8-17(12-11-15(4)14-27-7)19(20(25)26)22-13-18(24)16(5)23-21(6,9-2)10-3/h16-17,19,22-23H,4,8-14H2,1-3,5-7H3,(H,25,26). The molecule has 0 fully saturated rings. The van der Waals surface area contributed by atoms with E-state index in [0.717, 1.165) is 43.4 Å². The van der Waals surface area contributed by atoms with Crippen molar-refractivity contribution in [3.8, 4) is 0 Å². The highest BCUT2D eigenvalue weighted by Crippen LogP contribution is 2.20. The van der Waals surface area contributed by atoms with Crippen molar-refractivity contribution in [2.45, 2.75) is 84.3 Å². The summed E-state index contributed by atoms with van der Waals surface area (Å²) in [7, 11) is 0. The lowest BCUT2D eigenvalue weighted by Crippen LogP contribution is -2.53. The van der Waals surface area contributed by atoms with Gasteiger partial charge in [0.2, 0.25) is 0 Å². The molecule has 3 unspecified atom stereocenters. The van der Waals surface area contributed by atoms with Crippen LogP contribution in [-0.4, -0.2) is 53.0 Å². The van der Waals surface area contributed by atoms with Gasteiger partial charge in [0.05, 0.1) is 12.6 Å². The van der Waals surface area contributed by atoms with Gasteiger partial charge >= 0.3 is 5.97 Å². The van der Waals surface area contributed by atoms with Crippen molar-refractivity contribution in [3.63, 3.8) is 0 Å². The predicted octanol–water partition coefficient (Wildman–Crippen LogP) is 3.88. The van der Waals surface area contributed by atoms with E-state index >= 15 is 0 Å². The first-order valence-corrected chi connectivity index (χ1v) is 11.5. The van der Waals surface area contributed by atoms with Crippen LogP contribution in [0.2, 0.25) is 0 Å². The summed E-state index contributed by atoms with van der Waals surface area (Å²) in [6.45, 7) is 14.3. The van der Waals surface area contributed by atoms with Gasteiger partial charge < -0.3 is 10.4 Å². The summed E-state index contributed by atoms with van der Waals surface area (Å²) < 4.78 is 0. The van der Waals surface area contributed by atoms with Crippen LogP contribution in [0.3, 0.4) is 0 Å². The fraction of sp³-hybridized carbons (Fsp3) is 0.810. The molecule has 158 valence electrons. The van der Waals surface area contributed by atoms with Gasteiger partial charge in [0, 0.05) is 11.3 Å². The maximum absolute atomic E-state index is 12.5. The van der Waals surface area contributed by atoms with Crippen molar-refractivity contribution in [2.75, 3.05) is 18.6 Å². The topological polar surface area (TPSA) is 78.4 Å². The Labute approximate surface area is 170 Å². The minimum absolute atomic E-state index is 0.00368. The molecule has 0 aromatic heterocycles. The summed E-state index contributed by atoms with van der Waals surface area (Å²) in [5.74, 6) is -0.0147. The molecule has 3 N–H and O–H groups in total. The Bertz CT molecular complexity index is 478. The third-order valence-corrected chi connectivity index (χ3v) is 6.28. The van der Waals surface area contributed by atoms with E-state index in [4.69, 9.17) is 0 Å². The van der Waals surface area contributed by atoms with Crippen molar-refractivity contribution in [1.82, 2.24) is 10.6 Å². The summed E-state index contributed by atoms with van der Waals surface area (Å²) >= 11 is 1.73. The molecule has 0 aliphatic carbocycles. The first kappa shape index (κ1) is 26.1. The average molecular weight is 401 g/mol. The summed E-state index contributed by atoms with van der Waals surface area (Å²) in [5.41, 5.74) is 1.06. The summed E-state index contributed by atoms with van der Waals surface area (Å²) in [4.78, 5) is 24.3. The number of hydrogen-bond donors (Lipinski definition) is 3. The normalized spacial score (nSPS) is 15.2. The molecule has 0 aromatic carbocycles. The van der Waals surface area contributed by atoms with E-state index in [-0.39, 0.29) is 29.8 Å². The van der Waals surface area contributed by atoms with Gasteiger partial charge in [-0.3, -0.25) is 14.9 Å². The number of hydrogen-bond acceptors (Lipinski definition) is 5. The molecular weight excluding hydrogens is 360 g/mol. The highest BCUT2D eigenvalue weighted by Gasteiger charge is 2.29. The summed E-state index contributed by atoms with van der Waals surface area (Å²) in [6, 6.07) is -1.02. The van der Waals surface area contributed by atoms with Crippen molar-refractivity contribution >= 4 is 23.5 Å². The number of carbonyl (C=O) groups is 2. The number of Topliss-reactive ketones (excluding diaryl/α,β-unsaturated/α-hetero) is 1. The Kier molecular flexibility index (Phi) is 12.9. The highest BCUT2D eigenvalue weighted by atomic mass is 32.2. The Hall–Kier alpha value is -0.850. The van der Waals surface area contributed by atoms with E-state index in [1.807, 2.05) is 20.1 Å². The minimum atomic E-state index is -0.891. The Balaban J connectivity index is 4.77. The molecule has 0 saturated heterocycles. The molecule has 0 saturated carbocycles. The van der Waals surface area contributed by atoms with Gasteiger partial charge in [0.25, 0.3) is 0 Å². The third kappa shape index (κ3) is 9.77. The number of thioether (sulfide) groups is 1. The Morgan fingerprint density at radius 3 is 2.26 bits per heavy atom. The van der Waals surface area contributed by atoms with E-state index in [0.29, 0.717) is 0 Å². The molecule has 0 amide bonds. The fourth-order valence-electron chi connectivity index (χ4n) is 3.15. The summed E-state index contributed by atoms with van der Waals surface area (Å²) in [5, 5.41) is 16.0. The lowest BCUT2D eigenvalue weighted by atomic mass is 9.90. The first-order chi connectivity index (χ1) is 12.6. The summed E-state index contributed by atoms with van der Waals surface area (Å²) in [6.07, 6.45) is 6.25. The minimum Gasteiger partial charge on any atom is -0.480 e. The smallest absolute Gasteiger partial charge is 0.320 e. The number of nitrogens with one attached hydrogen (secondary N) is 2. The SMILES string of the molecule is C=C(CCC(CC)C(NCC(=O)C(C)NC(C)(CC)CC)C(=O)O)CSC.